The largest absolute Gasteiger partial charge is 0.394 e. The minimum absolute atomic E-state index is 0.0141. The van der Waals surface area contributed by atoms with E-state index in [9.17, 15) is 0 Å². The maximum Gasteiger partial charge on any atom is 0.0933 e. The van der Waals surface area contributed by atoms with Crippen LogP contribution in [-0.2, 0) is 9.47 Å². The molecule has 3 atom stereocenters. The van der Waals surface area contributed by atoms with Crippen molar-refractivity contribution in [2.45, 2.75) is 44.4 Å². The van der Waals surface area contributed by atoms with Crippen molar-refractivity contribution in [3.63, 3.8) is 0 Å². The first-order chi connectivity index (χ1) is 7.79. The van der Waals surface area contributed by atoms with Gasteiger partial charge in [0.05, 0.1) is 25.4 Å². The summed E-state index contributed by atoms with van der Waals surface area (Å²) in [6.07, 6.45) is 4.03. The summed E-state index contributed by atoms with van der Waals surface area (Å²) in [4.78, 5) is 2.39. The number of rotatable bonds is 3. The second kappa shape index (κ2) is 5.96. The molecule has 3 unspecified atom stereocenters. The van der Waals surface area contributed by atoms with Crippen molar-refractivity contribution < 1.29 is 14.6 Å². The summed E-state index contributed by atoms with van der Waals surface area (Å²) in [5, 5.41) is 9.12. The molecule has 0 spiro atoms. The summed E-state index contributed by atoms with van der Waals surface area (Å²) >= 11 is 0. The fourth-order valence-electron chi connectivity index (χ4n) is 2.45. The molecule has 0 bridgehead atoms. The SMILES string of the molecule is CC1COC(CO)CN1CC1CCCCO1. The Morgan fingerprint density at radius 1 is 1.25 bits per heavy atom. The molecule has 2 rings (SSSR count). The molecule has 1 N–H and O–H groups in total. The third-order valence-electron chi connectivity index (χ3n) is 3.55. The van der Waals surface area contributed by atoms with Crippen LogP contribution in [0.1, 0.15) is 26.2 Å². The summed E-state index contributed by atoms with van der Waals surface area (Å²) in [6.45, 7) is 5.74. The molecule has 2 fully saturated rings. The first-order valence-corrected chi connectivity index (χ1v) is 6.37. The Balaban J connectivity index is 1.81. The minimum Gasteiger partial charge on any atom is -0.394 e. The topological polar surface area (TPSA) is 41.9 Å². The number of nitrogens with zero attached hydrogens (tertiary/aromatic N) is 1. The van der Waals surface area contributed by atoms with Crippen LogP contribution < -0.4 is 0 Å². The van der Waals surface area contributed by atoms with Crippen LogP contribution in [0.4, 0.5) is 0 Å². The quantitative estimate of drug-likeness (QED) is 0.771. The smallest absolute Gasteiger partial charge is 0.0933 e. The fraction of sp³-hybridized carbons (Fsp3) is 1.00. The van der Waals surface area contributed by atoms with Gasteiger partial charge < -0.3 is 14.6 Å². The van der Waals surface area contributed by atoms with E-state index in [-0.39, 0.29) is 12.7 Å². The monoisotopic (exact) mass is 229 g/mol. The second-order valence-electron chi connectivity index (χ2n) is 4.93. The number of morpholine rings is 1. The number of hydrogen-bond acceptors (Lipinski definition) is 4. The Morgan fingerprint density at radius 2 is 2.12 bits per heavy atom. The summed E-state index contributed by atoms with van der Waals surface area (Å²) in [5.74, 6) is 0. The molecule has 4 heteroatoms. The van der Waals surface area contributed by atoms with Crippen LogP contribution in [0.15, 0.2) is 0 Å². The van der Waals surface area contributed by atoms with Crippen molar-refractivity contribution in [1.29, 1.82) is 0 Å². The first kappa shape index (κ1) is 12.3. The molecule has 0 aromatic carbocycles. The third-order valence-corrected chi connectivity index (χ3v) is 3.55. The molecular weight excluding hydrogens is 206 g/mol. The number of ether oxygens (including phenoxy) is 2. The lowest BCUT2D eigenvalue weighted by Gasteiger charge is -2.39. The van der Waals surface area contributed by atoms with E-state index in [0.29, 0.717) is 12.1 Å². The van der Waals surface area contributed by atoms with Crippen molar-refractivity contribution >= 4 is 0 Å². The lowest BCUT2D eigenvalue weighted by molar-refractivity contribution is -0.0968. The molecule has 16 heavy (non-hydrogen) atoms. The average molecular weight is 229 g/mol. The van der Waals surface area contributed by atoms with Gasteiger partial charge in [0, 0.05) is 25.7 Å². The third kappa shape index (κ3) is 3.17. The van der Waals surface area contributed by atoms with E-state index in [1.165, 1.54) is 19.3 Å². The van der Waals surface area contributed by atoms with Crippen LogP contribution in [0.3, 0.4) is 0 Å². The maximum absolute atomic E-state index is 9.12. The molecule has 0 saturated carbocycles. The molecule has 2 aliphatic heterocycles. The average Bonchev–Trinajstić information content (AvgIpc) is 2.33. The summed E-state index contributed by atoms with van der Waals surface area (Å²) in [5.41, 5.74) is 0. The normalized spacial score (nSPS) is 37.5. The molecule has 0 radical (unpaired) electrons. The van der Waals surface area contributed by atoms with Gasteiger partial charge in [-0.1, -0.05) is 0 Å². The molecule has 0 aliphatic carbocycles. The van der Waals surface area contributed by atoms with Gasteiger partial charge >= 0.3 is 0 Å². The van der Waals surface area contributed by atoms with Crippen LogP contribution in [-0.4, -0.2) is 61.2 Å². The molecule has 2 saturated heterocycles. The van der Waals surface area contributed by atoms with E-state index in [4.69, 9.17) is 14.6 Å². The highest BCUT2D eigenvalue weighted by Crippen LogP contribution is 2.18. The van der Waals surface area contributed by atoms with E-state index >= 15 is 0 Å². The molecule has 0 amide bonds. The Bertz CT molecular complexity index is 206. The molecule has 2 aliphatic rings. The van der Waals surface area contributed by atoms with Gasteiger partial charge in [0.25, 0.3) is 0 Å². The standard InChI is InChI=1S/C12H23NO3/c1-10-9-16-12(8-14)7-13(10)6-11-4-2-3-5-15-11/h10-12,14H,2-9H2,1H3. The first-order valence-electron chi connectivity index (χ1n) is 6.37. The number of aliphatic hydroxyl groups excluding tert-OH is 1. The van der Waals surface area contributed by atoms with Crippen LogP contribution in [0.5, 0.6) is 0 Å². The van der Waals surface area contributed by atoms with E-state index in [1.807, 2.05) is 0 Å². The predicted octanol–water partition coefficient (Wildman–Crippen LogP) is 0.637. The van der Waals surface area contributed by atoms with Crippen LogP contribution >= 0.6 is 0 Å². The van der Waals surface area contributed by atoms with Crippen molar-refractivity contribution in [2.75, 3.05) is 32.9 Å². The van der Waals surface area contributed by atoms with Gasteiger partial charge in [0.1, 0.15) is 0 Å². The van der Waals surface area contributed by atoms with E-state index in [2.05, 4.69) is 11.8 Å². The van der Waals surface area contributed by atoms with Crippen molar-refractivity contribution in [3.8, 4) is 0 Å². The van der Waals surface area contributed by atoms with Crippen LogP contribution in [0.25, 0.3) is 0 Å². The van der Waals surface area contributed by atoms with Crippen molar-refractivity contribution in [1.82, 2.24) is 4.90 Å². The predicted molar refractivity (Wildman–Crippen MR) is 61.5 cm³/mol. The fourth-order valence-corrected chi connectivity index (χ4v) is 2.45. The Hall–Kier alpha value is -0.160. The highest BCUT2D eigenvalue weighted by molar-refractivity contribution is 4.80. The van der Waals surface area contributed by atoms with Crippen LogP contribution in [0.2, 0.25) is 0 Å². The molecule has 4 nitrogen and oxygen atoms in total. The zero-order valence-electron chi connectivity index (χ0n) is 10.1. The van der Waals surface area contributed by atoms with Crippen molar-refractivity contribution in [3.05, 3.63) is 0 Å². The molecule has 0 aromatic heterocycles. The van der Waals surface area contributed by atoms with Gasteiger partial charge in [-0.05, 0) is 26.2 Å². The Kier molecular flexibility index (Phi) is 4.58. The molecule has 0 aromatic rings. The van der Waals surface area contributed by atoms with E-state index in [1.54, 1.807) is 0 Å². The lowest BCUT2D eigenvalue weighted by Crippen LogP contribution is -2.52. The van der Waals surface area contributed by atoms with Gasteiger partial charge in [0.15, 0.2) is 0 Å². The zero-order chi connectivity index (χ0) is 11.4. The zero-order valence-corrected chi connectivity index (χ0v) is 10.1. The van der Waals surface area contributed by atoms with Gasteiger partial charge in [-0.15, -0.1) is 0 Å². The van der Waals surface area contributed by atoms with Crippen LogP contribution in [0, 0.1) is 0 Å². The Labute approximate surface area is 97.5 Å². The summed E-state index contributed by atoms with van der Waals surface area (Å²) in [6, 6.07) is 0.438. The highest BCUT2D eigenvalue weighted by Gasteiger charge is 2.28. The van der Waals surface area contributed by atoms with Crippen molar-refractivity contribution in [2.24, 2.45) is 0 Å². The maximum atomic E-state index is 9.12. The van der Waals surface area contributed by atoms with Gasteiger partial charge in [-0.2, -0.15) is 0 Å². The molecule has 2 heterocycles. The van der Waals surface area contributed by atoms with Gasteiger partial charge in [-0.3, -0.25) is 4.90 Å². The molecule has 94 valence electrons. The second-order valence-corrected chi connectivity index (χ2v) is 4.93. The lowest BCUT2D eigenvalue weighted by atomic mass is 10.1. The minimum atomic E-state index is -0.0141. The Morgan fingerprint density at radius 3 is 2.81 bits per heavy atom. The number of hydrogen-bond donors (Lipinski definition) is 1. The highest BCUT2D eigenvalue weighted by atomic mass is 16.5. The summed E-state index contributed by atoms with van der Waals surface area (Å²) < 4.78 is 11.3. The number of aliphatic hydroxyl groups is 1. The van der Waals surface area contributed by atoms with E-state index in [0.717, 1.165) is 26.3 Å². The molecular formula is C12H23NO3. The van der Waals surface area contributed by atoms with Gasteiger partial charge in [0.2, 0.25) is 0 Å². The summed E-state index contributed by atoms with van der Waals surface area (Å²) in [7, 11) is 0. The van der Waals surface area contributed by atoms with E-state index < -0.39 is 0 Å². The van der Waals surface area contributed by atoms with Gasteiger partial charge in [-0.25, -0.2) is 0 Å².